The third kappa shape index (κ3) is 2.90. The third-order valence-electron chi connectivity index (χ3n) is 2.66. The van der Waals surface area contributed by atoms with Gasteiger partial charge in [0.25, 0.3) is 5.91 Å². The van der Waals surface area contributed by atoms with Gasteiger partial charge in [0.2, 0.25) is 0 Å². The number of nitrogens with one attached hydrogen (secondary N) is 1. The molecule has 1 N–H and O–H groups in total. The lowest BCUT2D eigenvalue weighted by Crippen LogP contribution is -2.23. The Balaban J connectivity index is 2.06. The predicted molar refractivity (Wildman–Crippen MR) is 73.5 cm³/mol. The Labute approximate surface area is 112 Å². The van der Waals surface area contributed by atoms with Gasteiger partial charge in [-0.3, -0.25) is 4.79 Å². The summed E-state index contributed by atoms with van der Waals surface area (Å²) in [5, 5.41) is 3.49. The van der Waals surface area contributed by atoms with Crippen molar-refractivity contribution >= 4 is 17.5 Å². The molecule has 0 saturated heterocycles. The molecule has 0 spiro atoms. The van der Waals surface area contributed by atoms with E-state index in [0.29, 0.717) is 22.7 Å². The smallest absolute Gasteiger partial charge is 0.251 e. The summed E-state index contributed by atoms with van der Waals surface area (Å²) in [6, 6.07) is 14.7. The van der Waals surface area contributed by atoms with Crippen LogP contribution in [0.15, 0.2) is 48.5 Å². The van der Waals surface area contributed by atoms with Crippen LogP contribution >= 0.6 is 11.6 Å². The van der Waals surface area contributed by atoms with E-state index in [4.69, 9.17) is 11.6 Å². The maximum atomic E-state index is 12.0. The van der Waals surface area contributed by atoms with Gasteiger partial charge < -0.3 is 5.32 Å². The second-order valence-corrected chi connectivity index (χ2v) is 4.34. The van der Waals surface area contributed by atoms with Crippen LogP contribution in [-0.2, 0) is 6.54 Å². The molecule has 0 aliphatic carbocycles. The van der Waals surface area contributed by atoms with Crippen LogP contribution in [-0.4, -0.2) is 5.91 Å². The average molecular weight is 259 g/mol. The number of hydrogen-bond donors (Lipinski definition) is 1. The normalized spacial score (nSPS) is 10.1. The largest absolute Gasteiger partial charge is 0.348 e. The highest BCUT2D eigenvalue weighted by Gasteiger charge is 2.08. The zero-order chi connectivity index (χ0) is 13.0. The van der Waals surface area contributed by atoms with E-state index in [1.807, 2.05) is 36.4 Å². The van der Waals surface area contributed by atoms with Gasteiger partial charge in [0.15, 0.2) is 0 Å². The standard InChI is InChI=1S/C15H13ClNO/c1-11-6-2-4-8-13(11)15(18)17-10-12-7-3-5-9-14(12)16/h2-9H,1,10H2,(H,17,18). The van der Waals surface area contributed by atoms with Gasteiger partial charge in [0.1, 0.15) is 0 Å². The van der Waals surface area contributed by atoms with E-state index in [9.17, 15) is 4.79 Å². The van der Waals surface area contributed by atoms with Crippen molar-refractivity contribution < 1.29 is 4.79 Å². The second kappa shape index (κ2) is 5.69. The van der Waals surface area contributed by atoms with Gasteiger partial charge in [-0.05, 0) is 30.2 Å². The van der Waals surface area contributed by atoms with Crippen LogP contribution in [0.2, 0.25) is 5.02 Å². The van der Waals surface area contributed by atoms with E-state index in [-0.39, 0.29) is 5.91 Å². The van der Waals surface area contributed by atoms with E-state index in [1.54, 1.807) is 12.1 Å². The highest BCUT2D eigenvalue weighted by molar-refractivity contribution is 6.31. The molecule has 2 rings (SSSR count). The van der Waals surface area contributed by atoms with Gasteiger partial charge in [0.05, 0.1) is 0 Å². The molecule has 3 heteroatoms. The number of hydrogen-bond acceptors (Lipinski definition) is 1. The molecular formula is C15H13ClNO. The average Bonchev–Trinajstić information content (AvgIpc) is 2.38. The van der Waals surface area contributed by atoms with Crippen molar-refractivity contribution in [2.24, 2.45) is 0 Å². The van der Waals surface area contributed by atoms with E-state index >= 15 is 0 Å². The highest BCUT2D eigenvalue weighted by Crippen LogP contribution is 2.15. The van der Waals surface area contributed by atoms with Crippen molar-refractivity contribution in [2.75, 3.05) is 0 Å². The van der Waals surface area contributed by atoms with Gasteiger partial charge in [-0.15, -0.1) is 0 Å². The zero-order valence-corrected chi connectivity index (χ0v) is 10.6. The molecule has 91 valence electrons. The van der Waals surface area contributed by atoms with Crippen molar-refractivity contribution in [1.29, 1.82) is 0 Å². The van der Waals surface area contributed by atoms with Crippen molar-refractivity contribution in [3.8, 4) is 0 Å². The maximum absolute atomic E-state index is 12.0. The molecular weight excluding hydrogens is 246 g/mol. The maximum Gasteiger partial charge on any atom is 0.251 e. The lowest BCUT2D eigenvalue weighted by atomic mass is 10.1. The van der Waals surface area contributed by atoms with Crippen molar-refractivity contribution in [3.63, 3.8) is 0 Å². The van der Waals surface area contributed by atoms with Crippen LogP contribution < -0.4 is 5.32 Å². The topological polar surface area (TPSA) is 29.1 Å². The molecule has 0 atom stereocenters. The first-order valence-corrected chi connectivity index (χ1v) is 5.99. The van der Waals surface area contributed by atoms with Gasteiger partial charge in [0, 0.05) is 17.1 Å². The number of carbonyl (C=O) groups is 1. The van der Waals surface area contributed by atoms with Gasteiger partial charge in [-0.2, -0.15) is 0 Å². The number of halogens is 1. The lowest BCUT2D eigenvalue weighted by Gasteiger charge is -2.08. The zero-order valence-electron chi connectivity index (χ0n) is 9.82. The van der Waals surface area contributed by atoms with E-state index < -0.39 is 0 Å². The summed E-state index contributed by atoms with van der Waals surface area (Å²) >= 11 is 6.02. The number of carbonyl (C=O) groups excluding carboxylic acids is 1. The molecule has 0 saturated carbocycles. The molecule has 2 nitrogen and oxygen atoms in total. The third-order valence-corrected chi connectivity index (χ3v) is 3.03. The lowest BCUT2D eigenvalue weighted by molar-refractivity contribution is 0.0950. The second-order valence-electron chi connectivity index (χ2n) is 3.93. The van der Waals surface area contributed by atoms with Crippen molar-refractivity contribution in [3.05, 3.63) is 77.2 Å². The Morgan fingerprint density at radius 1 is 1.11 bits per heavy atom. The van der Waals surface area contributed by atoms with Crippen LogP contribution in [0.25, 0.3) is 0 Å². The Bertz CT molecular complexity index is 566. The summed E-state index contributed by atoms with van der Waals surface area (Å²) in [6.07, 6.45) is 0. The molecule has 1 radical (unpaired) electrons. The van der Waals surface area contributed by atoms with Gasteiger partial charge in [-0.25, -0.2) is 0 Å². The predicted octanol–water partition coefficient (Wildman–Crippen LogP) is 3.45. The molecule has 0 fully saturated rings. The summed E-state index contributed by atoms with van der Waals surface area (Å²) in [6.45, 7) is 4.24. The Kier molecular flexibility index (Phi) is 4.00. The Morgan fingerprint density at radius 3 is 2.50 bits per heavy atom. The van der Waals surface area contributed by atoms with Gasteiger partial charge in [-0.1, -0.05) is 48.0 Å². The summed E-state index contributed by atoms with van der Waals surface area (Å²) < 4.78 is 0. The minimum Gasteiger partial charge on any atom is -0.348 e. The molecule has 1 amide bonds. The Morgan fingerprint density at radius 2 is 1.78 bits per heavy atom. The number of amides is 1. The van der Waals surface area contributed by atoms with Crippen LogP contribution in [0.4, 0.5) is 0 Å². The van der Waals surface area contributed by atoms with Gasteiger partial charge >= 0.3 is 0 Å². The first-order valence-electron chi connectivity index (χ1n) is 5.61. The quantitative estimate of drug-likeness (QED) is 0.898. The molecule has 0 aromatic heterocycles. The van der Waals surface area contributed by atoms with Crippen molar-refractivity contribution in [1.82, 2.24) is 5.32 Å². The van der Waals surface area contributed by atoms with Crippen molar-refractivity contribution in [2.45, 2.75) is 6.54 Å². The first kappa shape index (κ1) is 12.7. The molecule has 0 unspecified atom stereocenters. The molecule has 0 bridgehead atoms. The monoisotopic (exact) mass is 258 g/mol. The van der Waals surface area contributed by atoms with E-state index in [2.05, 4.69) is 12.2 Å². The summed E-state index contributed by atoms with van der Waals surface area (Å²) in [5.41, 5.74) is 2.20. The summed E-state index contributed by atoms with van der Waals surface area (Å²) in [4.78, 5) is 12.0. The minimum atomic E-state index is -0.138. The molecule has 0 aliphatic heterocycles. The fourth-order valence-corrected chi connectivity index (χ4v) is 1.86. The minimum absolute atomic E-state index is 0.138. The Hall–Kier alpha value is -1.80. The van der Waals surface area contributed by atoms with Crippen LogP contribution in [0.5, 0.6) is 0 Å². The molecule has 0 aliphatic rings. The number of benzene rings is 2. The summed E-state index contributed by atoms with van der Waals surface area (Å²) in [7, 11) is 0. The molecule has 0 heterocycles. The van der Waals surface area contributed by atoms with Crippen LogP contribution in [0.1, 0.15) is 21.5 Å². The molecule has 18 heavy (non-hydrogen) atoms. The molecule has 2 aromatic rings. The molecule has 2 aromatic carbocycles. The van der Waals surface area contributed by atoms with E-state index in [0.717, 1.165) is 5.56 Å². The van der Waals surface area contributed by atoms with E-state index in [1.165, 1.54) is 0 Å². The fraction of sp³-hybridized carbons (Fsp3) is 0.0667. The SMILES string of the molecule is [CH2]c1ccccc1C(=O)NCc1ccccc1Cl. The highest BCUT2D eigenvalue weighted by atomic mass is 35.5. The summed E-state index contributed by atoms with van der Waals surface area (Å²) in [5.74, 6) is -0.138. The first-order chi connectivity index (χ1) is 8.68. The van der Waals surface area contributed by atoms with Crippen LogP contribution in [0, 0.1) is 6.92 Å². The van der Waals surface area contributed by atoms with Crippen LogP contribution in [0.3, 0.4) is 0 Å². The fourth-order valence-electron chi connectivity index (χ4n) is 1.65. The number of rotatable bonds is 3.